The van der Waals surface area contributed by atoms with Gasteiger partial charge < -0.3 is 20.1 Å². The van der Waals surface area contributed by atoms with Crippen molar-refractivity contribution in [2.45, 2.75) is 20.3 Å². The van der Waals surface area contributed by atoms with Crippen molar-refractivity contribution in [3.05, 3.63) is 12.1 Å². The van der Waals surface area contributed by atoms with Gasteiger partial charge in [-0.3, -0.25) is 4.79 Å². The Morgan fingerprint density at radius 1 is 1.20 bits per heavy atom. The van der Waals surface area contributed by atoms with E-state index in [1.807, 2.05) is 6.07 Å². The molecule has 1 heterocycles. The Hall–Kier alpha value is -1.91. The molecular weight excluding hydrogens is 256 g/mol. The van der Waals surface area contributed by atoms with Gasteiger partial charge in [0.05, 0.1) is 31.5 Å². The summed E-state index contributed by atoms with van der Waals surface area (Å²) >= 11 is 0. The van der Waals surface area contributed by atoms with Gasteiger partial charge in [-0.2, -0.15) is 0 Å². The summed E-state index contributed by atoms with van der Waals surface area (Å²) in [6, 6.07) is 3.64. The maximum absolute atomic E-state index is 12.2. The third kappa shape index (κ3) is 2.98. The number of amides is 1. The molecule has 1 atom stereocenters. The molecule has 1 aliphatic heterocycles. The predicted octanol–water partition coefficient (Wildman–Crippen LogP) is 2.73. The molecule has 110 valence electrons. The maximum Gasteiger partial charge on any atom is 0.229 e. The number of nitrogens with one attached hydrogen (secondary N) is 2. The summed E-state index contributed by atoms with van der Waals surface area (Å²) in [6.45, 7) is 4.88. The SMILES string of the molecule is COc1cc2c(cc1OC)NC(=O)C(CC(C)C)CN2. The van der Waals surface area contributed by atoms with E-state index in [4.69, 9.17) is 9.47 Å². The van der Waals surface area contributed by atoms with Crippen LogP contribution in [-0.2, 0) is 4.79 Å². The van der Waals surface area contributed by atoms with Crippen molar-refractivity contribution in [1.82, 2.24) is 0 Å². The number of hydrogen-bond acceptors (Lipinski definition) is 4. The highest BCUT2D eigenvalue weighted by molar-refractivity contribution is 5.98. The lowest BCUT2D eigenvalue weighted by Gasteiger charge is -2.15. The van der Waals surface area contributed by atoms with Crippen LogP contribution in [0.1, 0.15) is 20.3 Å². The zero-order chi connectivity index (χ0) is 14.7. The number of hydrogen-bond donors (Lipinski definition) is 2. The number of methoxy groups -OCH3 is 2. The zero-order valence-corrected chi connectivity index (χ0v) is 12.4. The van der Waals surface area contributed by atoms with Crippen molar-refractivity contribution in [3.63, 3.8) is 0 Å². The van der Waals surface area contributed by atoms with Crippen LogP contribution in [0.5, 0.6) is 11.5 Å². The third-order valence-electron chi connectivity index (χ3n) is 3.45. The van der Waals surface area contributed by atoms with Gasteiger partial charge in [-0.25, -0.2) is 0 Å². The van der Waals surface area contributed by atoms with Crippen LogP contribution in [0.25, 0.3) is 0 Å². The fourth-order valence-electron chi connectivity index (χ4n) is 2.45. The molecule has 2 rings (SSSR count). The van der Waals surface area contributed by atoms with Crippen molar-refractivity contribution in [3.8, 4) is 11.5 Å². The molecule has 5 nitrogen and oxygen atoms in total. The Bertz CT molecular complexity index is 500. The molecule has 0 aliphatic carbocycles. The number of benzene rings is 1. The quantitative estimate of drug-likeness (QED) is 0.889. The van der Waals surface area contributed by atoms with Gasteiger partial charge in [0.15, 0.2) is 11.5 Å². The first-order chi connectivity index (χ1) is 9.55. The standard InChI is InChI=1S/C15H22N2O3/c1-9(2)5-10-8-16-11-6-13(19-3)14(20-4)7-12(11)17-15(10)18/h6-7,9-10,16H,5,8H2,1-4H3,(H,17,18). The highest BCUT2D eigenvalue weighted by Gasteiger charge is 2.25. The average molecular weight is 278 g/mol. The molecule has 1 amide bonds. The van der Waals surface area contributed by atoms with E-state index in [-0.39, 0.29) is 11.8 Å². The normalized spacial score (nSPS) is 17.9. The summed E-state index contributed by atoms with van der Waals surface area (Å²) < 4.78 is 10.5. The number of fused-ring (bicyclic) bond motifs is 1. The summed E-state index contributed by atoms with van der Waals surface area (Å²) in [4.78, 5) is 12.2. The van der Waals surface area contributed by atoms with Crippen molar-refractivity contribution < 1.29 is 14.3 Å². The fourth-order valence-corrected chi connectivity index (χ4v) is 2.45. The van der Waals surface area contributed by atoms with Gasteiger partial charge in [0, 0.05) is 18.7 Å². The lowest BCUT2D eigenvalue weighted by Crippen LogP contribution is -2.27. The van der Waals surface area contributed by atoms with Crippen LogP contribution in [0.2, 0.25) is 0 Å². The largest absolute Gasteiger partial charge is 0.493 e. The first kappa shape index (κ1) is 14.5. The highest BCUT2D eigenvalue weighted by Crippen LogP contribution is 2.38. The van der Waals surface area contributed by atoms with Crippen LogP contribution in [0.15, 0.2) is 12.1 Å². The molecule has 1 aromatic carbocycles. The molecule has 0 saturated heterocycles. The number of carbonyl (C=O) groups is 1. The molecule has 0 bridgehead atoms. The van der Waals surface area contributed by atoms with Crippen molar-refractivity contribution >= 4 is 17.3 Å². The summed E-state index contributed by atoms with van der Waals surface area (Å²) in [6.07, 6.45) is 0.862. The second-order valence-corrected chi connectivity index (χ2v) is 5.45. The minimum atomic E-state index is -0.0283. The van der Waals surface area contributed by atoms with Gasteiger partial charge in [-0.1, -0.05) is 13.8 Å². The predicted molar refractivity (Wildman–Crippen MR) is 79.6 cm³/mol. The molecule has 1 aliphatic rings. The molecule has 0 spiro atoms. The van der Waals surface area contributed by atoms with E-state index < -0.39 is 0 Å². The summed E-state index contributed by atoms with van der Waals surface area (Å²) in [5, 5.41) is 6.28. The summed E-state index contributed by atoms with van der Waals surface area (Å²) in [7, 11) is 3.18. The smallest absolute Gasteiger partial charge is 0.229 e. The number of ether oxygens (including phenoxy) is 2. The minimum Gasteiger partial charge on any atom is -0.493 e. The Labute approximate surface area is 119 Å². The van der Waals surface area contributed by atoms with Crippen LogP contribution in [0.3, 0.4) is 0 Å². The highest BCUT2D eigenvalue weighted by atomic mass is 16.5. The van der Waals surface area contributed by atoms with Gasteiger partial charge in [0.1, 0.15) is 0 Å². The van der Waals surface area contributed by atoms with Gasteiger partial charge in [-0.15, -0.1) is 0 Å². The Balaban J connectivity index is 2.28. The average Bonchev–Trinajstić information content (AvgIpc) is 2.56. The molecule has 1 unspecified atom stereocenters. The van der Waals surface area contributed by atoms with E-state index in [1.165, 1.54) is 0 Å². The lowest BCUT2D eigenvalue weighted by molar-refractivity contribution is -0.119. The first-order valence-corrected chi connectivity index (χ1v) is 6.86. The maximum atomic E-state index is 12.2. The van der Waals surface area contributed by atoms with Gasteiger partial charge in [-0.05, 0) is 12.3 Å². The molecule has 0 radical (unpaired) electrons. The topological polar surface area (TPSA) is 59.6 Å². The Morgan fingerprint density at radius 2 is 1.80 bits per heavy atom. The van der Waals surface area contributed by atoms with Crippen LogP contribution >= 0.6 is 0 Å². The second kappa shape index (κ2) is 6.03. The van der Waals surface area contributed by atoms with Crippen LogP contribution in [-0.4, -0.2) is 26.7 Å². The van der Waals surface area contributed by atoms with Crippen LogP contribution < -0.4 is 20.1 Å². The second-order valence-electron chi connectivity index (χ2n) is 5.45. The molecule has 0 saturated carbocycles. The van der Waals surface area contributed by atoms with E-state index >= 15 is 0 Å². The summed E-state index contributed by atoms with van der Waals surface area (Å²) in [5.41, 5.74) is 1.60. The number of anilines is 2. The molecule has 0 aromatic heterocycles. The molecule has 0 fully saturated rings. The van der Waals surface area contributed by atoms with E-state index in [2.05, 4.69) is 24.5 Å². The lowest BCUT2D eigenvalue weighted by atomic mass is 9.96. The monoisotopic (exact) mass is 278 g/mol. The van der Waals surface area contributed by atoms with E-state index in [0.29, 0.717) is 24.0 Å². The summed E-state index contributed by atoms with van der Waals surface area (Å²) in [5.74, 6) is 1.76. The molecule has 20 heavy (non-hydrogen) atoms. The van der Waals surface area contributed by atoms with Gasteiger partial charge >= 0.3 is 0 Å². The third-order valence-corrected chi connectivity index (χ3v) is 3.45. The van der Waals surface area contributed by atoms with E-state index in [1.54, 1.807) is 20.3 Å². The fraction of sp³-hybridized carbons (Fsp3) is 0.533. The Morgan fingerprint density at radius 3 is 2.35 bits per heavy atom. The molecule has 1 aromatic rings. The molecule has 5 heteroatoms. The van der Waals surface area contributed by atoms with Gasteiger partial charge in [0.25, 0.3) is 0 Å². The van der Waals surface area contributed by atoms with E-state index in [9.17, 15) is 4.79 Å². The van der Waals surface area contributed by atoms with Crippen LogP contribution in [0.4, 0.5) is 11.4 Å². The van der Waals surface area contributed by atoms with Gasteiger partial charge in [0.2, 0.25) is 5.91 Å². The van der Waals surface area contributed by atoms with Crippen molar-refractivity contribution in [2.75, 3.05) is 31.4 Å². The number of rotatable bonds is 4. The van der Waals surface area contributed by atoms with Crippen molar-refractivity contribution in [1.29, 1.82) is 0 Å². The first-order valence-electron chi connectivity index (χ1n) is 6.86. The van der Waals surface area contributed by atoms with Crippen molar-refractivity contribution in [2.24, 2.45) is 11.8 Å². The zero-order valence-electron chi connectivity index (χ0n) is 12.4. The minimum absolute atomic E-state index is 0.0283. The molecular formula is C15H22N2O3. The van der Waals surface area contributed by atoms with Crippen LogP contribution in [0, 0.1) is 11.8 Å². The van der Waals surface area contributed by atoms with E-state index in [0.717, 1.165) is 17.8 Å². The number of carbonyl (C=O) groups excluding carboxylic acids is 1. The molecule has 2 N–H and O–H groups in total. The Kier molecular flexibility index (Phi) is 4.37.